The number of benzene rings is 2. The van der Waals surface area contributed by atoms with Crippen molar-refractivity contribution in [1.29, 1.82) is 0 Å². The molecule has 0 saturated carbocycles. The van der Waals surface area contributed by atoms with Crippen LogP contribution in [0.2, 0.25) is 5.02 Å². The molecular weight excluding hydrogens is 392 g/mol. The van der Waals surface area contributed by atoms with Crippen molar-refractivity contribution in [3.8, 4) is 11.4 Å². The number of carbonyl (C=O) groups is 1. The zero-order chi connectivity index (χ0) is 20.4. The number of hydrogen-bond donors (Lipinski definition) is 2. The normalized spacial score (nSPS) is 11.0. The number of aromatic nitrogens is 3. The minimum Gasteiger partial charge on any atom is -0.339 e. The van der Waals surface area contributed by atoms with Crippen molar-refractivity contribution in [2.75, 3.05) is 5.32 Å². The zero-order valence-electron chi connectivity index (χ0n) is 15.5. The van der Waals surface area contributed by atoms with Crippen LogP contribution in [0.3, 0.4) is 0 Å². The Morgan fingerprint density at radius 2 is 2.03 bits per heavy atom. The molecule has 0 spiro atoms. The van der Waals surface area contributed by atoms with Gasteiger partial charge in [0.1, 0.15) is 0 Å². The van der Waals surface area contributed by atoms with Crippen molar-refractivity contribution in [3.63, 3.8) is 0 Å². The van der Waals surface area contributed by atoms with Gasteiger partial charge in [-0.3, -0.25) is 9.59 Å². The van der Waals surface area contributed by atoms with E-state index in [4.69, 9.17) is 16.1 Å². The molecule has 8 heteroatoms. The number of nitrogens with zero attached hydrogens (tertiary/aromatic N) is 2. The summed E-state index contributed by atoms with van der Waals surface area (Å²) in [7, 11) is 0. The van der Waals surface area contributed by atoms with Gasteiger partial charge in [0.2, 0.25) is 17.6 Å². The molecule has 0 aliphatic heterocycles. The van der Waals surface area contributed by atoms with Crippen molar-refractivity contribution in [1.82, 2.24) is 15.1 Å². The summed E-state index contributed by atoms with van der Waals surface area (Å²) in [6.45, 7) is 1.98. The second kappa shape index (κ2) is 7.89. The lowest BCUT2D eigenvalue weighted by Gasteiger charge is -2.05. The quantitative estimate of drug-likeness (QED) is 0.517. The van der Waals surface area contributed by atoms with Crippen molar-refractivity contribution in [3.05, 3.63) is 75.4 Å². The minimum atomic E-state index is -0.301. The number of halogens is 1. The van der Waals surface area contributed by atoms with Crippen LogP contribution in [0.15, 0.2) is 57.8 Å². The van der Waals surface area contributed by atoms with E-state index < -0.39 is 0 Å². The van der Waals surface area contributed by atoms with Gasteiger partial charge in [0.05, 0.1) is 16.3 Å². The van der Waals surface area contributed by atoms with Gasteiger partial charge in [-0.05, 0) is 42.6 Å². The van der Waals surface area contributed by atoms with Crippen LogP contribution in [0, 0.1) is 6.92 Å². The molecule has 2 heterocycles. The summed E-state index contributed by atoms with van der Waals surface area (Å²) in [5, 5.41) is 7.98. The van der Waals surface area contributed by atoms with Gasteiger partial charge in [-0.2, -0.15) is 4.98 Å². The van der Waals surface area contributed by atoms with Gasteiger partial charge in [-0.1, -0.05) is 40.5 Å². The molecule has 1 amide bonds. The smallest absolute Gasteiger partial charge is 0.259 e. The van der Waals surface area contributed by atoms with Crippen LogP contribution in [0.5, 0.6) is 0 Å². The summed E-state index contributed by atoms with van der Waals surface area (Å²) < 4.78 is 5.21. The highest BCUT2D eigenvalue weighted by Crippen LogP contribution is 2.21. The zero-order valence-corrected chi connectivity index (χ0v) is 16.3. The summed E-state index contributed by atoms with van der Waals surface area (Å²) in [5.74, 6) is 0.242. The number of hydrogen-bond acceptors (Lipinski definition) is 5. The Labute approximate surface area is 170 Å². The Balaban J connectivity index is 1.48. The number of amides is 1. The molecule has 146 valence electrons. The maximum atomic E-state index is 12.4. The third-order valence-corrected chi connectivity index (χ3v) is 4.75. The number of fused-ring (bicyclic) bond motifs is 1. The Bertz CT molecular complexity index is 1260. The van der Waals surface area contributed by atoms with Crippen LogP contribution >= 0.6 is 11.6 Å². The fourth-order valence-electron chi connectivity index (χ4n) is 2.95. The van der Waals surface area contributed by atoms with Crippen LogP contribution in [-0.4, -0.2) is 21.0 Å². The molecule has 2 N–H and O–H groups in total. The fraction of sp³-hybridized carbons (Fsp3) is 0.143. The van der Waals surface area contributed by atoms with E-state index in [9.17, 15) is 9.59 Å². The number of nitrogens with one attached hydrogen (secondary N) is 2. The average molecular weight is 409 g/mol. The molecule has 0 aliphatic rings. The van der Waals surface area contributed by atoms with Crippen molar-refractivity contribution in [2.45, 2.75) is 19.8 Å². The van der Waals surface area contributed by atoms with Crippen LogP contribution in [0.4, 0.5) is 5.69 Å². The molecule has 4 rings (SSSR count). The second-order valence-electron chi connectivity index (χ2n) is 6.64. The molecule has 0 fully saturated rings. The van der Waals surface area contributed by atoms with E-state index in [-0.39, 0.29) is 36.0 Å². The fourth-order valence-corrected chi connectivity index (χ4v) is 3.14. The summed E-state index contributed by atoms with van der Waals surface area (Å²) >= 11 is 6.03. The van der Waals surface area contributed by atoms with Gasteiger partial charge < -0.3 is 14.8 Å². The molecule has 0 unspecified atom stereocenters. The summed E-state index contributed by atoms with van der Waals surface area (Å²) in [6.07, 6.45) is 0.383. The number of rotatable bonds is 5. The van der Waals surface area contributed by atoms with E-state index in [1.54, 1.807) is 30.3 Å². The predicted molar refractivity (Wildman–Crippen MR) is 111 cm³/mol. The molecule has 0 aliphatic carbocycles. The lowest BCUT2D eigenvalue weighted by molar-refractivity contribution is -0.116. The number of aryl methyl sites for hydroxylation is 2. The van der Waals surface area contributed by atoms with Crippen LogP contribution < -0.4 is 10.9 Å². The van der Waals surface area contributed by atoms with E-state index in [1.165, 1.54) is 0 Å². The first kappa shape index (κ1) is 18.9. The average Bonchev–Trinajstić information content (AvgIpc) is 3.17. The first-order valence-electron chi connectivity index (χ1n) is 9.00. The standard InChI is InChI=1S/C21H17ClN4O3/c1-12-6-7-16-13(10-12)11-14(21(28)24-16)20-25-19(29-26-20)9-8-18(27)23-17-5-3-2-4-15(17)22/h2-7,10-11H,8-9H2,1H3,(H,23,27)(H,24,28). The van der Waals surface area contributed by atoms with E-state index in [1.807, 2.05) is 25.1 Å². The van der Waals surface area contributed by atoms with Crippen LogP contribution in [0.25, 0.3) is 22.3 Å². The van der Waals surface area contributed by atoms with Crippen LogP contribution in [-0.2, 0) is 11.2 Å². The minimum absolute atomic E-state index is 0.139. The van der Waals surface area contributed by atoms with E-state index in [2.05, 4.69) is 20.4 Å². The maximum Gasteiger partial charge on any atom is 0.259 e. The first-order valence-corrected chi connectivity index (χ1v) is 9.38. The lowest BCUT2D eigenvalue weighted by atomic mass is 10.1. The monoisotopic (exact) mass is 408 g/mol. The van der Waals surface area contributed by atoms with Gasteiger partial charge >= 0.3 is 0 Å². The Kier molecular flexibility index (Phi) is 5.14. The highest BCUT2D eigenvalue weighted by atomic mass is 35.5. The molecular formula is C21H17ClN4O3. The van der Waals surface area contributed by atoms with Crippen molar-refractivity contribution in [2.24, 2.45) is 0 Å². The number of carbonyl (C=O) groups excluding carboxylic acids is 1. The molecule has 2 aromatic carbocycles. The number of aromatic amines is 1. The molecule has 29 heavy (non-hydrogen) atoms. The summed E-state index contributed by atoms with van der Waals surface area (Å²) in [6, 6.07) is 14.5. The number of anilines is 1. The molecule has 0 bridgehead atoms. The SMILES string of the molecule is Cc1ccc2[nH]c(=O)c(-c3noc(CCC(=O)Nc4ccccc4Cl)n3)cc2c1. The van der Waals surface area contributed by atoms with E-state index in [0.29, 0.717) is 16.3 Å². The molecule has 2 aromatic heterocycles. The van der Waals surface area contributed by atoms with Gasteiger partial charge in [0.25, 0.3) is 5.56 Å². The topological polar surface area (TPSA) is 101 Å². The van der Waals surface area contributed by atoms with Gasteiger partial charge in [0, 0.05) is 18.4 Å². The number of pyridine rings is 1. The summed E-state index contributed by atoms with van der Waals surface area (Å²) in [4.78, 5) is 31.6. The predicted octanol–water partition coefficient (Wildman–Crippen LogP) is 4.11. The highest BCUT2D eigenvalue weighted by molar-refractivity contribution is 6.33. The Morgan fingerprint density at radius 3 is 2.86 bits per heavy atom. The second-order valence-corrected chi connectivity index (χ2v) is 7.05. The number of para-hydroxylation sites is 1. The maximum absolute atomic E-state index is 12.4. The van der Waals surface area contributed by atoms with E-state index in [0.717, 1.165) is 16.5 Å². The Morgan fingerprint density at radius 1 is 1.21 bits per heavy atom. The Hall–Kier alpha value is -3.45. The highest BCUT2D eigenvalue weighted by Gasteiger charge is 2.15. The third kappa shape index (κ3) is 4.20. The lowest BCUT2D eigenvalue weighted by Crippen LogP contribution is -2.12. The van der Waals surface area contributed by atoms with Crippen molar-refractivity contribution >= 4 is 34.1 Å². The summed E-state index contributed by atoms with van der Waals surface area (Å²) in [5.41, 5.74) is 2.38. The van der Waals surface area contributed by atoms with Gasteiger partial charge in [-0.25, -0.2) is 0 Å². The first-order chi connectivity index (χ1) is 14.0. The largest absolute Gasteiger partial charge is 0.339 e. The third-order valence-electron chi connectivity index (χ3n) is 4.42. The van der Waals surface area contributed by atoms with Gasteiger partial charge in [0.15, 0.2) is 0 Å². The van der Waals surface area contributed by atoms with Crippen molar-refractivity contribution < 1.29 is 9.32 Å². The molecule has 0 radical (unpaired) electrons. The van der Waals surface area contributed by atoms with Crippen LogP contribution in [0.1, 0.15) is 17.9 Å². The van der Waals surface area contributed by atoms with E-state index >= 15 is 0 Å². The number of H-pyrrole nitrogens is 1. The molecule has 4 aromatic rings. The van der Waals surface area contributed by atoms with Gasteiger partial charge in [-0.15, -0.1) is 0 Å². The molecule has 7 nitrogen and oxygen atoms in total. The molecule has 0 atom stereocenters. The molecule has 0 saturated heterocycles.